The first-order valence-electron chi connectivity index (χ1n) is 7.45. The molecule has 112 valence electrons. The van der Waals surface area contributed by atoms with Crippen LogP contribution in [0.2, 0.25) is 0 Å². The summed E-state index contributed by atoms with van der Waals surface area (Å²) in [5.74, 6) is -0.0219. The number of hydrogen-bond acceptors (Lipinski definition) is 3. The smallest absolute Gasteiger partial charge is 0.267 e. The normalized spacial score (nSPS) is 18.7. The minimum Gasteiger partial charge on any atom is -0.378 e. The number of fused-ring (bicyclic) bond motifs is 1. The van der Waals surface area contributed by atoms with Crippen LogP contribution in [0.5, 0.6) is 0 Å². The Morgan fingerprint density at radius 3 is 2.90 bits per heavy atom. The van der Waals surface area contributed by atoms with Crippen LogP contribution in [0.4, 0.5) is 5.69 Å². The molecule has 21 heavy (non-hydrogen) atoms. The van der Waals surface area contributed by atoms with Gasteiger partial charge in [0.1, 0.15) is 5.69 Å². The molecule has 2 aromatic rings. The highest BCUT2D eigenvalue weighted by molar-refractivity contribution is 5.98. The number of benzene rings is 1. The molecule has 1 atom stereocenters. The summed E-state index contributed by atoms with van der Waals surface area (Å²) < 4.78 is 0. The van der Waals surface area contributed by atoms with Crippen LogP contribution in [-0.2, 0) is 0 Å². The van der Waals surface area contributed by atoms with Crippen molar-refractivity contribution in [3.63, 3.8) is 0 Å². The van der Waals surface area contributed by atoms with Crippen molar-refractivity contribution < 1.29 is 4.79 Å². The molecule has 1 saturated heterocycles. The topological polar surface area (TPSA) is 60.2 Å². The number of H-pyrrole nitrogens is 1. The number of piperidine rings is 1. The van der Waals surface area contributed by atoms with E-state index in [1.165, 1.54) is 0 Å². The number of aromatic nitrogens is 1. The Labute approximate surface area is 124 Å². The first kappa shape index (κ1) is 13.9. The number of carbonyl (C=O) groups is 1. The summed E-state index contributed by atoms with van der Waals surface area (Å²) in [5.41, 5.74) is 2.74. The molecular weight excluding hydrogens is 264 g/mol. The molecule has 1 amide bonds. The summed E-state index contributed by atoms with van der Waals surface area (Å²) >= 11 is 0. The number of rotatable bonds is 3. The Hall–Kier alpha value is -2.01. The van der Waals surface area contributed by atoms with Gasteiger partial charge in [0.25, 0.3) is 5.91 Å². The van der Waals surface area contributed by atoms with E-state index in [2.05, 4.69) is 27.8 Å². The molecular formula is C16H22N4O. The maximum absolute atomic E-state index is 12.3. The lowest BCUT2D eigenvalue weighted by Crippen LogP contribution is -2.45. The van der Waals surface area contributed by atoms with E-state index in [4.69, 9.17) is 0 Å². The highest BCUT2D eigenvalue weighted by Gasteiger charge is 2.17. The molecule has 2 heterocycles. The fraction of sp³-hybridized carbons (Fsp3) is 0.438. The third-order valence-corrected chi connectivity index (χ3v) is 4.00. The number of hydrogen-bond donors (Lipinski definition) is 3. The van der Waals surface area contributed by atoms with Gasteiger partial charge in [-0.15, -0.1) is 0 Å². The van der Waals surface area contributed by atoms with Gasteiger partial charge >= 0.3 is 0 Å². The lowest BCUT2D eigenvalue weighted by atomic mass is 10.1. The Balaban J connectivity index is 1.78. The number of nitrogens with zero attached hydrogens (tertiary/aromatic N) is 1. The van der Waals surface area contributed by atoms with Gasteiger partial charge in [-0.1, -0.05) is 6.07 Å². The Morgan fingerprint density at radius 2 is 2.19 bits per heavy atom. The fourth-order valence-electron chi connectivity index (χ4n) is 2.75. The van der Waals surface area contributed by atoms with Gasteiger partial charge in [-0.25, -0.2) is 0 Å². The van der Waals surface area contributed by atoms with Crippen molar-refractivity contribution in [3.8, 4) is 0 Å². The summed E-state index contributed by atoms with van der Waals surface area (Å²) in [6.45, 7) is 1.91. The molecule has 0 spiro atoms. The van der Waals surface area contributed by atoms with E-state index in [0.29, 0.717) is 5.69 Å². The third-order valence-electron chi connectivity index (χ3n) is 4.00. The minimum absolute atomic E-state index is 0.0219. The standard InChI is InChI=1S/C16H22N4O/c1-20(2)13-6-5-11-8-15(19-14(11)9-13)16(21)18-12-4-3-7-17-10-12/h5-6,8-9,12,17,19H,3-4,7,10H2,1-2H3,(H,18,21)/t12-/m1/s1. The zero-order valence-electron chi connectivity index (χ0n) is 12.6. The van der Waals surface area contributed by atoms with Gasteiger partial charge in [0.15, 0.2) is 0 Å². The van der Waals surface area contributed by atoms with E-state index in [0.717, 1.165) is 42.5 Å². The van der Waals surface area contributed by atoms with Crippen LogP contribution in [0.3, 0.4) is 0 Å². The summed E-state index contributed by atoms with van der Waals surface area (Å²) in [6.07, 6.45) is 2.16. The maximum atomic E-state index is 12.3. The SMILES string of the molecule is CN(C)c1ccc2cc(C(=O)N[C@@H]3CCCNC3)[nH]c2c1. The van der Waals surface area contributed by atoms with Gasteiger partial charge < -0.3 is 20.5 Å². The van der Waals surface area contributed by atoms with Gasteiger partial charge in [0.2, 0.25) is 0 Å². The Bertz CT molecular complexity index is 641. The predicted octanol–water partition coefficient (Wildman–Crippen LogP) is 1.72. The van der Waals surface area contributed by atoms with Crippen molar-refractivity contribution in [2.24, 2.45) is 0 Å². The summed E-state index contributed by atoms with van der Waals surface area (Å²) in [4.78, 5) is 17.6. The van der Waals surface area contributed by atoms with Crippen LogP contribution in [0.15, 0.2) is 24.3 Å². The summed E-state index contributed by atoms with van der Waals surface area (Å²) in [5, 5.41) is 7.46. The van der Waals surface area contributed by atoms with Gasteiger partial charge in [-0.2, -0.15) is 0 Å². The van der Waals surface area contributed by atoms with E-state index >= 15 is 0 Å². The van der Waals surface area contributed by atoms with Crippen LogP contribution in [0, 0.1) is 0 Å². The highest BCUT2D eigenvalue weighted by Crippen LogP contribution is 2.21. The summed E-state index contributed by atoms with van der Waals surface area (Å²) in [6, 6.07) is 8.31. The molecule has 3 N–H and O–H groups in total. The molecule has 1 fully saturated rings. The molecule has 1 aliphatic rings. The second-order valence-electron chi connectivity index (χ2n) is 5.87. The monoisotopic (exact) mass is 286 g/mol. The van der Waals surface area contributed by atoms with E-state index in [9.17, 15) is 4.79 Å². The van der Waals surface area contributed by atoms with Gasteiger partial charge in [0.05, 0.1) is 0 Å². The molecule has 3 rings (SSSR count). The average Bonchev–Trinajstić information content (AvgIpc) is 2.91. The molecule has 0 unspecified atom stereocenters. The molecule has 0 aliphatic carbocycles. The van der Waals surface area contributed by atoms with Crippen LogP contribution >= 0.6 is 0 Å². The molecule has 5 heteroatoms. The lowest BCUT2D eigenvalue weighted by Gasteiger charge is -2.23. The van der Waals surface area contributed by atoms with E-state index in [1.54, 1.807) is 0 Å². The number of amides is 1. The number of aromatic amines is 1. The van der Waals surface area contributed by atoms with E-state index in [1.807, 2.05) is 31.1 Å². The second-order valence-corrected chi connectivity index (χ2v) is 5.87. The summed E-state index contributed by atoms with van der Waals surface area (Å²) in [7, 11) is 4.02. The second kappa shape index (κ2) is 5.77. The van der Waals surface area contributed by atoms with Crippen molar-refractivity contribution in [3.05, 3.63) is 30.0 Å². The van der Waals surface area contributed by atoms with Crippen molar-refractivity contribution in [1.82, 2.24) is 15.6 Å². The Morgan fingerprint density at radius 1 is 1.33 bits per heavy atom. The maximum Gasteiger partial charge on any atom is 0.267 e. The zero-order valence-corrected chi connectivity index (χ0v) is 12.6. The van der Waals surface area contributed by atoms with Gasteiger partial charge in [-0.05, 0) is 37.6 Å². The molecule has 0 radical (unpaired) electrons. The van der Waals surface area contributed by atoms with E-state index < -0.39 is 0 Å². The van der Waals surface area contributed by atoms with Crippen molar-refractivity contribution in [1.29, 1.82) is 0 Å². The number of carbonyl (C=O) groups excluding carboxylic acids is 1. The quantitative estimate of drug-likeness (QED) is 0.805. The first-order valence-corrected chi connectivity index (χ1v) is 7.45. The highest BCUT2D eigenvalue weighted by atomic mass is 16.1. The largest absolute Gasteiger partial charge is 0.378 e. The molecule has 1 aromatic heterocycles. The molecule has 1 aromatic carbocycles. The molecule has 0 bridgehead atoms. The minimum atomic E-state index is -0.0219. The third kappa shape index (κ3) is 3.03. The van der Waals surface area contributed by atoms with E-state index in [-0.39, 0.29) is 11.9 Å². The van der Waals surface area contributed by atoms with Crippen LogP contribution in [-0.4, -0.2) is 44.1 Å². The van der Waals surface area contributed by atoms with Crippen LogP contribution in [0.1, 0.15) is 23.3 Å². The molecule has 1 aliphatic heterocycles. The molecule has 0 saturated carbocycles. The zero-order chi connectivity index (χ0) is 14.8. The van der Waals surface area contributed by atoms with Crippen molar-refractivity contribution >= 4 is 22.5 Å². The van der Waals surface area contributed by atoms with Crippen molar-refractivity contribution in [2.75, 3.05) is 32.1 Å². The van der Waals surface area contributed by atoms with Crippen LogP contribution < -0.4 is 15.5 Å². The van der Waals surface area contributed by atoms with Gasteiger partial charge in [-0.3, -0.25) is 4.79 Å². The van der Waals surface area contributed by atoms with Crippen LogP contribution in [0.25, 0.3) is 10.9 Å². The Kier molecular flexibility index (Phi) is 3.84. The average molecular weight is 286 g/mol. The lowest BCUT2D eigenvalue weighted by molar-refractivity contribution is 0.0926. The number of anilines is 1. The predicted molar refractivity (Wildman–Crippen MR) is 86.0 cm³/mol. The van der Waals surface area contributed by atoms with Gasteiger partial charge in [0, 0.05) is 43.3 Å². The number of nitrogens with one attached hydrogen (secondary N) is 3. The molecule has 5 nitrogen and oxygen atoms in total. The fourth-order valence-corrected chi connectivity index (χ4v) is 2.75. The van der Waals surface area contributed by atoms with Crippen molar-refractivity contribution in [2.45, 2.75) is 18.9 Å². The first-order chi connectivity index (χ1) is 10.1.